The molecular weight excluding hydrogens is 213 g/mol. The van der Waals surface area contributed by atoms with Crippen LogP contribution in [-0.4, -0.2) is 17.7 Å². The zero-order valence-electron chi connectivity index (χ0n) is 5.71. The second kappa shape index (κ2) is 5.68. The minimum Gasteiger partial charge on any atom is -0.387 e. The molecule has 5 heteroatoms. The van der Waals surface area contributed by atoms with Crippen molar-refractivity contribution in [3.8, 4) is 0 Å². The Kier molecular flexibility index (Phi) is 7.14. The maximum Gasteiger partial charge on any atom is 0.381 e. The molecule has 1 radical (unpaired) electrons. The van der Waals surface area contributed by atoms with E-state index < -0.39 is 17.7 Å². The molecule has 0 bridgehead atoms. The van der Waals surface area contributed by atoms with Crippen molar-refractivity contribution in [3.05, 3.63) is 0 Å². The van der Waals surface area contributed by atoms with Crippen molar-refractivity contribution < 1.29 is 51.8 Å². The van der Waals surface area contributed by atoms with Crippen LogP contribution in [0.5, 0.6) is 0 Å². The number of carbonyl (C=O) groups is 3. The van der Waals surface area contributed by atoms with Crippen LogP contribution < -0.4 is 0 Å². The molecule has 10 heavy (non-hydrogen) atoms. The fraction of sp³-hybridized carbons (Fsp3) is 0.400. The summed E-state index contributed by atoms with van der Waals surface area (Å²) in [4.78, 5) is 30.2. The fourth-order valence-corrected chi connectivity index (χ4v) is 0.202. The van der Waals surface area contributed by atoms with Gasteiger partial charge in [0.2, 0.25) is 5.78 Å². The molecule has 0 amide bonds. The fourth-order valence-electron chi connectivity index (χ4n) is 0.202. The van der Waals surface area contributed by atoms with E-state index in [9.17, 15) is 14.4 Å². The molecular formula is C5H6O4Y. The zero-order valence-corrected chi connectivity index (χ0v) is 8.55. The smallest absolute Gasteiger partial charge is 0.381 e. The Hall–Kier alpha value is -0.0861. The van der Waals surface area contributed by atoms with Gasteiger partial charge in [0.1, 0.15) is 0 Å². The van der Waals surface area contributed by atoms with Gasteiger partial charge >= 0.3 is 11.9 Å². The van der Waals surface area contributed by atoms with Crippen molar-refractivity contribution in [2.24, 2.45) is 0 Å². The molecule has 0 fully saturated rings. The summed E-state index contributed by atoms with van der Waals surface area (Å²) < 4.78 is 3.88. The number of Topliss-reactive ketones (excluding diaryl/α,β-unsaturated/α-hetero) is 1. The molecule has 0 aliphatic heterocycles. The summed E-state index contributed by atoms with van der Waals surface area (Å²) in [6.45, 7) is 2.09. The van der Waals surface area contributed by atoms with Gasteiger partial charge in [-0.1, -0.05) is 0 Å². The first kappa shape index (κ1) is 12.6. The van der Waals surface area contributed by atoms with Gasteiger partial charge in [-0.2, -0.15) is 0 Å². The van der Waals surface area contributed by atoms with E-state index in [2.05, 4.69) is 4.74 Å². The van der Waals surface area contributed by atoms with Gasteiger partial charge in [0, 0.05) is 46.6 Å². The Morgan fingerprint density at radius 1 is 1.10 bits per heavy atom. The summed E-state index contributed by atoms with van der Waals surface area (Å²) in [5.74, 6) is -2.65. The van der Waals surface area contributed by atoms with Crippen molar-refractivity contribution in [1.82, 2.24) is 0 Å². The summed E-state index contributed by atoms with van der Waals surface area (Å²) in [6, 6.07) is 0. The number of ether oxygens (including phenoxy) is 1. The monoisotopic (exact) mass is 219 g/mol. The van der Waals surface area contributed by atoms with E-state index in [1.165, 1.54) is 0 Å². The van der Waals surface area contributed by atoms with Gasteiger partial charge in [-0.25, -0.2) is 4.79 Å². The number of esters is 2. The van der Waals surface area contributed by atoms with Gasteiger partial charge in [-0.05, 0) is 0 Å². The molecule has 0 unspecified atom stereocenters. The second-order valence-electron chi connectivity index (χ2n) is 1.44. The zero-order chi connectivity index (χ0) is 7.44. The number of rotatable bonds is 1. The van der Waals surface area contributed by atoms with Crippen molar-refractivity contribution >= 4 is 17.7 Å². The normalized spacial score (nSPS) is 7.40. The molecule has 0 spiro atoms. The number of ketones is 1. The minimum atomic E-state index is -1.11. The van der Waals surface area contributed by atoms with E-state index in [0.717, 1.165) is 13.8 Å². The van der Waals surface area contributed by atoms with Crippen LogP contribution in [0.3, 0.4) is 0 Å². The molecule has 0 heterocycles. The Morgan fingerprint density at radius 3 is 1.60 bits per heavy atom. The second-order valence-corrected chi connectivity index (χ2v) is 1.44. The topological polar surface area (TPSA) is 60.4 Å². The van der Waals surface area contributed by atoms with Crippen LogP contribution in [0.15, 0.2) is 0 Å². The third-order valence-corrected chi connectivity index (χ3v) is 0.524. The van der Waals surface area contributed by atoms with E-state index in [1.807, 2.05) is 0 Å². The third kappa shape index (κ3) is 6.04. The number of hydrogen-bond acceptors (Lipinski definition) is 4. The molecule has 0 N–H and O–H groups in total. The van der Waals surface area contributed by atoms with Gasteiger partial charge in [-0.15, -0.1) is 0 Å². The average Bonchev–Trinajstić information content (AvgIpc) is 1.63. The van der Waals surface area contributed by atoms with Crippen LogP contribution in [0.25, 0.3) is 0 Å². The van der Waals surface area contributed by atoms with Crippen LogP contribution in [-0.2, 0) is 51.8 Å². The number of hydrogen-bond donors (Lipinski definition) is 0. The van der Waals surface area contributed by atoms with E-state index in [-0.39, 0.29) is 32.7 Å². The van der Waals surface area contributed by atoms with Crippen molar-refractivity contribution in [1.29, 1.82) is 0 Å². The molecule has 53 valence electrons. The molecule has 0 aromatic rings. The standard InChI is InChI=1S/C5H6O4.Y/c1-3(6)5(8)9-4(2)7;/h1-2H3;. The van der Waals surface area contributed by atoms with Gasteiger partial charge in [0.25, 0.3) is 0 Å². The van der Waals surface area contributed by atoms with Crippen LogP contribution in [0.1, 0.15) is 13.8 Å². The predicted octanol–water partition coefficient (Wildman–Crippen LogP) is -0.337. The SMILES string of the molecule is CC(=O)OC(=O)C(C)=O.[Y]. The van der Waals surface area contributed by atoms with Gasteiger partial charge in [0.15, 0.2) is 0 Å². The van der Waals surface area contributed by atoms with Crippen LogP contribution in [0.4, 0.5) is 0 Å². The molecule has 0 atom stereocenters. The molecule has 0 saturated carbocycles. The maximum atomic E-state index is 10.2. The van der Waals surface area contributed by atoms with Crippen LogP contribution in [0, 0.1) is 0 Å². The molecule has 0 aliphatic rings. The quantitative estimate of drug-likeness (QED) is 0.344. The van der Waals surface area contributed by atoms with E-state index >= 15 is 0 Å². The number of carbonyl (C=O) groups excluding carboxylic acids is 3. The first-order valence-electron chi connectivity index (χ1n) is 2.27. The molecule has 0 aromatic carbocycles. The van der Waals surface area contributed by atoms with Crippen molar-refractivity contribution in [2.45, 2.75) is 13.8 Å². The van der Waals surface area contributed by atoms with Gasteiger partial charge in [0.05, 0.1) is 0 Å². The van der Waals surface area contributed by atoms with Gasteiger partial charge < -0.3 is 4.74 Å². The van der Waals surface area contributed by atoms with Crippen LogP contribution >= 0.6 is 0 Å². The minimum absolute atomic E-state index is 0. The predicted molar refractivity (Wildman–Crippen MR) is 27.5 cm³/mol. The summed E-state index contributed by atoms with van der Waals surface area (Å²) in [7, 11) is 0. The van der Waals surface area contributed by atoms with Crippen LogP contribution in [0.2, 0.25) is 0 Å². The Morgan fingerprint density at radius 2 is 1.50 bits per heavy atom. The van der Waals surface area contributed by atoms with Crippen molar-refractivity contribution in [3.63, 3.8) is 0 Å². The third-order valence-electron chi connectivity index (χ3n) is 0.524. The van der Waals surface area contributed by atoms with E-state index in [4.69, 9.17) is 0 Å². The maximum absolute atomic E-state index is 10.2. The van der Waals surface area contributed by atoms with E-state index in [1.54, 1.807) is 0 Å². The van der Waals surface area contributed by atoms with Crippen molar-refractivity contribution in [2.75, 3.05) is 0 Å². The Bertz CT molecular complexity index is 163. The first-order chi connectivity index (χ1) is 4.04. The Labute approximate surface area is 83.2 Å². The molecule has 0 aromatic heterocycles. The molecule has 0 aliphatic carbocycles. The molecule has 4 nitrogen and oxygen atoms in total. The molecule has 0 rings (SSSR count). The largest absolute Gasteiger partial charge is 0.387 e. The average molecular weight is 219 g/mol. The summed E-state index contributed by atoms with van der Waals surface area (Å²) >= 11 is 0. The Balaban J connectivity index is 0. The summed E-state index contributed by atoms with van der Waals surface area (Å²) in [5.41, 5.74) is 0. The first-order valence-corrected chi connectivity index (χ1v) is 2.27. The molecule has 0 saturated heterocycles. The van der Waals surface area contributed by atoms with Gasteiger partial charge in [-0.3, -0.25) is 9.59 Å². The summed E-state index contributed by atoms with van der Waals surface area (Å²) in [5, 5.41) is 0. The van der Waals surface area contributed by atoms with E-state index in [0.29, 0.717) is 0 Å². The summed E-state index contributed by atoms with van der Waals surface area (Å²) in [6.07, 6.45) is 0.